The molecule has 0 saturated heterocycles. The van der Waals surface area contributed by atoms with Gasteiger partial charge in [-0.3, -0.25) is 4.79 Å². The number of hydrogen-bond acceptors (Lipinski definition) is 5. The minimum absolute atomic E-state index is 0.294. The molecule has 2 aromatic rings. The smallest absolute Gasteiger partial charge is 0.341 e. The first-order valence-electron chi connectivity index (χ1n) is 8.88. The Bertz CT molecular complexity index is 884. The monoisotopic (exact) mass is 385 g/mol. The summed E-state index contributed by atoms with van der Waals surface area (Å²) in [7, 11) is 2.96. The molecule has 1 aliphatic carbocycles. The molecule has 0 aliphatic heterocycles. The van der Waals surface area contributed by atoms with Crippen molar-refractivity contribution in [2.24, 2.45) is 5.92 Å². The summed E-state index contributed by atoms with van der Waals surface area (Å²) in [6, 6.07) is 7.45. The second-order valence-corrected chi connectivity index (χ2v) is 7.72. The van der Waals surface area contributed by atoms with Gasteiger partial charge >= 0.3 is 5.97 Å². The van der Waals surface area contributed by atoms with Gasteiger partial charge in [-0.1, -0.05) is 25.1 Å². The highest BCUT2D eigenvalue weighted by Crippen LogP contribution is 2.40. The Morgan fingerprint density at radius 2 is 2.04 bits per heavy atom. The van der Waals surface area contributed by atoms with E-state index >= 15 is 0 Å². The minimum Gasteiger partial charge on any atom is -0.496 e. The Morgan fingerprint density at radius 3 is 2.78 bits per heavy atom. The van der Waals surface area contributed by atoms with Crippen LogP contribution in [0.2, 0.25) is 0 Å². The molecule has 0 bridgehead atoms. The topological polar surface area (TPSA) is 64.6 Å². The van der Waals surface area contributed by atoms with E-state index < -0.39 is 5.97 Å². The number of rotatable bonds is 5. The average molecular weight is 385 g/mol. The number of carbonyl (C=O) groups excluding carboxylic acids is 2. The van der Waals surface area contributed by atoms with Crippen LogP contribution in [0, 0.1) is 5.92 Å². The van der Waals surface area contributed by atoms with Crippen molar-refractivity contribution in [3.63, 3.8) is 0 Å². The molecule has 6 heteroatoms. The molecule has 1 N–H and O–H groups in total. The molecular formula is C21H23NO4S. The van der Waals surface area contributed by atoms with Gasteiger partial charge in [0.25, 0.3) is 0 Å². The molecule has 5 nitrogen and oxygen atoms in total. The quantitative estimate of drug-likeness (QED) is 0.615. The highest BCUT2D eigenvalue weighted by molar-refractivity contribution is 7.17. The summed E-state index contributed by atoms with van der Waals surface area (Å²) in [5, 5.41) is 3.42. The Morgan fingerprint density at radius 1 is 1.26 bits per heavy atom. The molecule has 1 heterocycles. The predicted octanol–water partition coefficient (Wildman–Crippen LogP) is 4.32. The highest BCUT2D eigenvalue weighted by atomic mass is 32.1. The van der Waals surface area contributed by atoms with Crippen molar-refractivity contribution in [3.8, 4) is 5.75 Å². The number of benzene rings is 1. The van der Waals surface area contributed by atoms with Crippen molar-refractivity contribution in [1.29, 1.82) is 0 Å². The number of fused-ring (bicyclic) bond motifs is 1. The van der Waals surface area contributed by atoms with Gasteiger partial charge in [-0.2, -0.15) is 0 Å². The third-order valence-corrected chi connectivity index (χ3v) is 5.86. The molecule has 0 spiro atoms. The van der Waals surface area contributed by atoms with Crippen LogP contribution >= 0.6 is 11.3 Å². The minimum atomic E-state index is -0.397. The molecule has 0 saturated carbocycles. The number of esters is 1. The fourth-order valence-corrected chi connectivity index (χ4v) is 4.68. The lowest BCUT2D eigenvalue weighted by Crippen LogP contribution is -2.14. The van der Waals surface area contributed by atoms with Crippen LogP contribution in [-0.4, -0.2) is 26.1 Å². The Hall–Kier alpha value is -2.60. The summed E-state index contributed by atoms with van der Waals surface area (Å²) in [5.41, 5.74) is 2.33. The van der Waals surface area contributed by atoms with Gasteiger partial charge in [0.05, 0.1) is 19.8 Å². The molecule has 1 aromatic carbocycles. The number of methoxy groups -OCH3 is 2. The van der Waals surface area contributed by atoms with Gasteiger partial charge in [-0.15, -0.1) is 11.3 Å². The Labute approximate surface area is 163 Å². The SMILES string of the molecule is COC(=O)c1c(NC(=O)C=Cc2ccccc2OC)sc2c1CCC(C)C2. The van der Waals surface area contributed by atoms with E-state index in [0.717, 1.165) is 35.3 Å². The number of thiophene rings is 1. The molecule has 27 heavy (non-hydrogen) atoms. The van der Waals surface area contributed by atoms with Crippen LogP contribution in [-0.2, 0) is 22.4 Å². The van der Waals surface area contributed by atoms with E-state index in [2.05, 4.69) is 12.2 Å². The molecule has 1 amide bonds. The van der Waals surface area contributed by atoms with Crippen LogP contribution in [0.4, 0.5) is 5.00 Å². The zero-order chi connectivity index (χ0) is 19.4. The van der Waals surface area contributed by atoms with Gasteiger partial charge in [-0.05, 0) is 42.9 Å². The summed E-state index contributed by atoms with van der Waals surface area (Å²) in [4.78, 5) is 25.9. The van der Waals surface area contributed by atoms with Gasteiger partial charge < -0.3 is 14.8 Å². The number of anilines is 1. The van der Waals surface area contributed by atoms with Crippen molar-refractivity contribution in [3.05, 3.63) is 51.9 Å². The van der Waals surface area contributed by atoms with Gasteiger partial charge in [0.2, 0.25) is 5.91 Å². The van der Waals surface area contributed by atoms with Crippen LogP contribution < -0.4 is 10.1 Å². The fourth-order valence-electron chi connectivity index (χ4n) is 3.28. The van der Waals surface area contributed by atoms with Crippen molar-refractivity contribution in [2.45, 2.75) is 26.2 Å². The fraction of sp³-hybridized carbons (Fsp3) is 0.333. The number of ether oxygens (including phenoxy) is 2. The second-order valence-electron chi connectivity index (χ2n) is 6.61. The normalized spacial score (nSPS) is 16.0. The Kier molecular flexibility index (Phi) is 5.96. The molecular weight excluding hydrogens is 362 g/mol. The lowest BCUT2D eigenvalue weighted by molar-refractivity contribution is -0.111. The molecule has 3 rings (SSSR count). The van der Waals surface area contributed by atoms with Crippen molar-refractivity contribution in [1.82, 2.24) is 0 Å². The van der Waals surface area contributed by atoms with Crippen LogP contribution in [0.3, 0.4) is 0 Å². The summed E-state index contributed by atoms with van der Waals surface area (Å²) in [6.07, 6.45) is 5.94. The van der Waals surface area contributed by atoms with E-state index in [-0.39, 0.29) is 5.91 Å². The van der Waals surface area contributed by atoms with Crippen LogP contribution in [0.5, 0.6) is 5.75 Å². The standard InChI is InChI=1S/C21H23NO4S/c1-13-8-10-15-17(12-13)27-20(19(15)21(24)26-3)22-18(23)11-9-14-6-4-5-7-16(14)25-2/h4-7,9,11,13H,8,10,12H2,1-3H3,(H,22,23). The molecule has 0 radical (unpaired) electrons. The third-order valence-electron chi connectivity index (χ3n) is 4.69. The first-order chi connectivity index (χ1) is 13.0. The lowest BCUT2D eigenvalue weighted by Gasteiger charge is -2.18. The predicted molar refractivity (Wildman–Crippen MR) is 108 cm³/mol. The highest BCUT2D eigenvalue weighted by Gasteiger charge is 2.28. The largest absolute Gasteiger partial charge is 0.496 e. The number of carbonyl (C=O) groups is 2. The summed E-state index contributed by atoms with van der Waals surface area (Å²) in [5.74, 6) is 0.580. The van der Waals surface area contributed by atoms with Crippen LogP contribution in [0.1, 0.15) is 39.7 Å². The van der Waals surface area contributed by atoms with Gasteiger partial charge in [0.15, 0.2) is 0 Å². The summed E-state index contributed by atoms with van der Waals surface area (Å²) < 4.78 is 10.2. The van der Waals surface area contributed by atoms with Crippen LogP contribution in [0.25, 0.3) is 6.08 Å². The molecule has 1 unspecified atom stereocenters. The number of hydrogen-bond donors (Lipinski definition) is 1. The van der Waals surface area contributed by atoms with E-state index in [9.17, 15) is 9.59 Å². The molecule has 1 aromatic heterocycles. The first kappa shape index (κ1) is 19.2. The van der Waals surface area contributed by atoms with E-state index in [0.29, 0.717) is 22.2 Å². The van der Waals surface area contributed by atoms with Crippen molar-refractivity contribution < 1.29 is 19.1 Å². The molecule has 1 atom stereocenters. The van der Waals surface area contributed by atoms with E-state index in [1.807, 2.05) is 24.3 Å². The first-order valence-corrected chi connectivity index (χ1v) is 9.70. The maximum absolute atomic E-state index is 12.4. The van der Waals surface area contributed by atoms with E-state index in [1.165, 1.54) is 24.5 Å². The van der Waals surface area contributed by atoms with Gasteiger partial charge in [-0.25, -0.2) is 4.79 Å². The molecule has 1 aliphatic rings. The zero-order valence-electron chi connectivity index (χ0n) is 15.7. The third kappa shape index (κ3) is 4.22. The van der Waals surface area contributed by atoms with Crippen LogP contribution in [0.15, 0.2) is 30.3 Å². The zero-order valence-corrected chi connectivity index (χ0v) is 16.5. The van der Waals surface area contributed by atoms with Gasteiger partial charge in [0.1, 0.15) is 10.8 Å². The number of amides is 1. The number of nitrogens with one attached hydrogen (secondary N) is 1. The van der Waals surface area contributed by atoms with Crippen molar-refractivity contribution >= 4 is 34.3 Å². The Balaban J connectivity index is 1.83. The maximum atomic E-state index is 12.4. The second kappa shape index (κ2) is 8.39. The summed E-state index contributed by atoms with van der Waals surface area (Å²) >= 11 is 1.48. The molecule has 142 valence electrons. The summed E-state index contributed by atoms with van der Waals surface area (Å²) in [6.45, 7) is 2.20. The van der Waals surface area contributed by atoms with Crippen molar-refractivity contribution in [2.75, 3.05) is 19.5 Å². The van der Waals surface area contributed by atoms with E-state index in [1.54, 1.807) is 13.2 Å². The molecule has 0 fully saturated rings. The van der Waals surface area contributed by atoms with Gasteiger partial charge in [0, 0.05) is 16.5 Å². The maximum Gasteiger partial charge on any atom is 0.341 e. The number of para-hydroxylation sites is 1. The average Bonchev–Trinajstić information content (AvgIpc) is 3.02. The lowest BCUT2D eigenvalue weighted by atomic mass is 9.88. The van der Waals surface area contributed by atoms with E-state index in [4.69, 9.17) is 9.47 Å².